The first-order chi connectivity index (χ1) is 12.7. The molecule has 6 heteroatoms. The average molecular weight is 358 g/mol. The van der Waals surface area contributed by atoms with Crippen molar-refractivity contribution < 1.29 is 4.74 Å². The molecule has 26 heavy (non-hydrogen) atoms. The topological polar surface area (TPSA) is 63.5 Å². The highest BCUT2D eigenvalue weighted by atomic mass is 16.5. The van der Waals surface area contributed by atoms with Crippen LogP contribution in [-0.4, -0.2) is 35.9 Å². The van der Waals surface area contributed by atoms with Crippen molar-refractivity contribution in [3.8, 4) is 5.75 Å². The number of nitrogens with zero attached hydrogens (tertiary/aromatic N) is 3. The van der Waals surface area contributed by atoms with E-state index in [2.05, 4.69) is 40.6 Å². The fraction of sp³-hybridized carbons (Fsp3) is 0.500. The van der Waals surface area contributed by atoms with Gasteiger partial charge in [0.05, 0.1) is 6.61 Å². The third kappa shape index (κ3) is 7.17. The van der Waals surface area contributed by atoms with E-state index in [1.54, 1.807) is 13.2 Å². The summed E-state index contributed by atoms with van der Waals surface area (Å²) in [5.74, 6) is 2.38. The lowest BCUT2D eigenvalue weighted by atomic mass is 10.1. The lowest BCUT2D eigenvalue weighted by molar-refractivity contribution is 0.286. The maximum absolute atomic E-state index is 5.94. The summed E-state index contributed by atoms with van der Waals surface area (Å²) >= 11 is 0. The second-order valence-electron chi connectivity index (χ2n) is 6.61. The number of para-hydroxylation sites is 1. The Balaban J connectivity index is 1.75. The Morgan fingerprint density at radius 2 is 2.08 bits per heavy atom. The molecule has 0 radical (unpaired) electrons. The summed E-state index contributed by atoms with van der Waals surface area (Å²) in [4.78, 5) is 4.28. The summed E-state index contributed by atoms with van der Waals surface area (Å²) in [5.41, 5.74) is 1.13. The second-order valence-corrected chi connectivity index (χ2v) is 6.61. The molecule has 142 valence electrons. The number of guanidine groups is 1. The molecule has 0 unspecified atom stereocenters. The average Bonchev–Trinajstić information content (AvgIpc) is 3.15. The van der Waals surface area contributed by atoms with Crippen molar-refractivity contribution in [1.82, 2.24) is 20.4 Å². The smallest absolute Gasteiger partial charge is 0.191 e. The number of aliphatic imine (C=N–C) groups is 1. The van der Waals surface area contributed by atoms with Crippen LogP contribution in [0.25, 0.3) is 0 Å². The van der Waals surface area contributed by atoms with Crippen molar-refractivity contribution in [3.05, 3.63) is 48.3 Å². The van der Waals surface area contributed by atoms with E-state index in [4.69, 9.17) is 4.74 Å². The van der Waals surface area contributed by atoms with E-state index in [0.29, 0.717) is 12.5 Å². The van der Waals surface area contributed by atoms with E-state index in [9.17, 15) is 0 Å². The molecule has 0 aliphatic rings. The molecule has 6 nitrogen and oxygen atoms in total. The number of aromatic nitrogens is 2. The Kier molecular flexibility index (Phi) is 8.52. The molecule has 0 aliphatic heterocycles. The van der Waals surface area contributed by atoms with Crippen LogP contribution in [0.2, 0.25) is 0 Å². The van der Waals surface area contributed by atoms with Crippen LogP contribution >= 0.6 is 0 Å². The van der Waals surface area contributed by atoms with E-state index in [0.717, 1.165) is 49.8 Å². The van der Waals surface area contributed by atoms with E-state index >= 15 is 0 Å². The molecule has 0 fully saturated rings. The molecule has 0 saturated carbocycles. The van der Waals surface area contributed by atoms with Gasteiger partial charge in [0.25, 0.3) is 0 Å². The summed E-state index contributed by atoms with van der Waals surface area (Å²) in [6.07, 6.45) is 5.82. The van der Waals surface area contributed by atoms with Gasteiger partial charge >= 0.3 is 0 Å². The van der Waals surface area contributed by atoms with E-state index in [1.807, 2.05) is 35.1 Å². The first-order valence-electron chi connectivity index (χ1n) is 9.31. The van der Waals surface area contributed by atoms with Crippen molar-refractivity contribution in [1.29, 1.82) is 0 Å². The molecule has 1 aromatic heterocycles. The summed E-state index contributed by atoms with van der Waals surface area (Å²) < 4.78 is 7.88. The molecule has 1 aromatic carbocycles. The van der Waals surface area contributed by atoms with Gasteiger partial charge in [0.2, 0.25) is 0 Å². The van der Waals surface area contributed by atoms with Gasteiger partial charge in [-0.1, -0.05) is 32.0 Å². The third-order valence-corrected chi connectivity index (χ3v) is 4.01. The summed E-state index contributed by atoms with van der Waals surface area (Å²) in [7, 11) is 1.79. The summed E-state index contributed by atoms with van der Waals surface area (Å²) in [5, 5.41) is 10.9. The van der Waals surface area contributed by atoms with Crippen LogP contribution in [-0.2, 0) is 13.1 Å². The van der Waals surface area contributed by atoms with Crippen molar-refractivity contribution in [2.24, 2.45) is 10.9 Å². The minimum Gasteiger partial charge on any atom is -0.493 e. The maximum atomic E-state index is 5.94. The highest BCUT2D eigenvalue weighted by molar-refractivity contribution is 5.79. The Bertz CT molecular complexity index is 652. The van der Waals surface area contributed by atoms with Crippen molar-refractivity contribution in [2.75, 3.05) is 20.2 Å². The van der Waals surface area contributed by atoms with Gasteiger partial charge in [0, 0.05) is 44.6 Å². The predicted molar refractivity (Wildman–Crippen MR) is 106 cm³/mol. The third-order valence-electron chi connectivity index (χ3n) is 4.01. The molecule has 0 atom stereocenters. The molecule has 0 amide bonds. The lowest BCUT2D eigenvalue weighted by Crippen LogP contribution is -2.37. The largest absolute Gasteiger partial charge is 0.493 e. The zero-order chi connectivity index (χ0) is 18.6. The SMILES string of the molecule is CN=C(NCCCn1cccn1)NCc1ccccc1OCCC(C)C. The monoisotopic (exact) mass is 357 g/mol. The van der Waals surface area contributed by atoms with Crippen molar-refractivity contribution in [2.45, 2.75) is 39.8 Å². The van der Waals surface area contributed by atoms with Crippen LogP contribution in [0.1, 0.15) is 32.3 Å². The van der Waals surface area contributed by atoms with Crippen LogP contribution in [0, 0.1) is 5.92 Å². The standard InChI is InChI=1S/C20H31N5O/c1-17(2)10-15-26-19-9-5-4-8-18(19)16-23-20(21-3)22-11-6-13-25-14-7-12-24-25/h4-5,7-9,12,14,17H,6,10-11,13,15-16H2,1-3H3,(H2,21,22,23). The maximum Gasteiger partial charge on any atom is 0.191 e. The Morgan fingerprint density at radius 1 is 1.23 bits per heavy atom. The molecule has 1 heterocycles. The van der Waals surface area contributed by atoms with E-state index < -0.39 is 0 Å². The molecule has 0 bridgehead atoms. The van der Waals surface area contributed by atoms with Crippen LogP contribution in [0.4, 0.5) is 0 Å². The molecule has 0 saturated heterocycles. The van der Waals surface area contributed by atoms with Gasteiger partial charge < -0.3 is 15.4 Å². The van der Waals surface area contributed by atoms with Crippen LogP contribution in [0.5, 0.6) is 5.75 Å². The van der Waals surface area contributed by atoms with Crippen molar-refractivity contribution >= 4 is 5.96 Å². The van der Waals surface area contributed by atoms with Gasteiger partial charge in [0.1, 0.15) is 5.75 Å². The number of hydrogen-bond acceptors (Lipinski definition) is 3. The Labute approximate surface area is 156 Å². The van der Waals surface area contributed by atoms with Crippen molar-refractivity contribution in [3.63, 3.8) is 0 Å². The zero-order valence-corrected chi connectivity index (χ0v) is 16.1. The molecule has 0 spiro atoms. The normalized spacial score (nSPS) is 11.6. The van der Waals surface area contributed by atoms with Gasteiger partial charge in [-0.2, -0.15) is 5.10 Å². The van der Waals surface area contributed by atoms with E-state index in [-0.39, 0.29) is 0 Å². The van der Waals surface area contributed by atoms with Crippen LogP contribution in [0.15, 0.2) is 47.7 Å². The summed E-state index contributed by atoms with van der Waals surface area (Å²) in [6.45, 7) is 7.57. The Morgan fingerprint density at radius 3 is 2.81 bits per heavy atom. The fourth-order valence-electron chi connectivity index (χ4n) is 2.48. The minimum absolute atomic E-state index is 0.644. The fourth-order valence-corrected chi connectivity index (χ4v) is 2.48. The van der Waals surface area contributed by atoms with Crippen LogP contribution < -0.4 is 15.4 Å². The van der Waals surface area contributed by atoms with Gasteiger partial charge in [0.15, 0.2) is 5.96 Å². The molecule has 2 N–H and O–H groups in total. The number of benzene rings is 1. The lowest BCUT2D eigenvalue weighted by Gasteiger charge is -2.15. The zero-order valence-electron chi connectivity index (χ0n) is 16.1. The highest BCUT2D eigenvalue weighted by Gasteiger charge is 2.05. The highest BCUT2D eigenvalue weighted by Crippen LogP contribution is 2.18. The summed E-state index contributed by atoms with van der Waals surface area (Å²) in [6, 6.07) is 10.1. The number of ether oxygens (including phenoxy) is 1. The molecular weight excluding hydrogens is 326 g/mol. The molecule has 2 aromatic rings. The van der Waals surface area contributed by atoms with Gasteiger partial charge in [-0.3, -0.25) is 9.67 Å². The minimum atomic E-state index is 0.644. The molecule has 2 rings (SSSR count). The molecule has 0 aliphatic carbocycles. The number of hydrogen-bond donors (Lipinski definition) is 2. The van der Waals surface area contributed by atoms with Gasteiger partial charge in [-0.25, -0.2) is 0 Å². The first-order valence-corrected chi connectivity index (χ1v) is 9.31. The first kappa shape index (κ1) is 19.8. The Hall–Kier alpha value is -2.50. The quantitative estimate of drug-likeness (QED) is 0.390. The second kappa shape index (κ2) is 11.2. The van der Waals surface area contributed by atoms with Gasteiger partial charge in [-0.15, -0.1) is 0 Å². The molecular formula is C20H31N5O. The number of rotatable bonds is 10. The van der Waals surface area contributed by atoms with Crippen LogP contribution in [0.3, 0.4) is 0 Å². The van der Waals surface area contributed by atoms with E-state index in [1.165, 1.54) is 0 Å². The number of nitrogens with one attached hydrogen (secondary N) is 2. The predicted octanol–water partition coefficient (Wildman–Crippen LogP) is 3.06. The number of aryl methyl sites for hydroxylation is 1. The van der Waals surface area contributed by atoms with Gasteiger partial charge in [-0.05, 0) is 30.9 Å².